The first-order chi connectivity index (χ1) is 12.3. The number of alkyl carbamates (subject to hydrolysis) is 1. The first-order valence-corrected chi connectivity index (χ1v) is 8.77. The highest BCUT2D eigenvalue weighted by Crippen LogP contribution is 2.07. The Bertz CT molecular complexity index is 589. The predicted octanol–water partition coefficient (Wildman–Crippen LogP) is 2.40. The predicted molar refractivity (Wildman–Crippen MR) is 97.2 cm³/mol. The van der Waals surface area contributed by atoms with E-state index >= 15 is 0 Å². The number of rotatable bonds is 9. The lowest BCUT2D eigenvalue weighted by atomic mass is 10.0. The summed E-state index contributed by atoms with van der Waals surface area (Å²) < 4.78 is 10.0. The van der Waals surface area contributed by atoms with Gasteiger partial charge in [0.1, 0.15) is 18.7 Å². The zero-order valence-corrected chi connectivity index (χ0v) is 15.8. The Morgan fingerprint density at radius 2 is 1.65 bits per heavy atom. The molecule has 7 heteroatoms. The monoisotopic (exact) mass is 364 g/mol. The lowest BCUT2D eigenvalue weighted by molar-refractivity contribution is -0.147. The highest BCUT2D eigenvalue weighted by atomic mass is 16.5. The van der Waals surface area contributed by atoms with Gasteiger partial charge >= 0.3 is 12.1 Å². The van der Waals surface area contributed by atoms with Gasteiger partial charge in [0.25, 0.3) is 0 Å². The molecule has 0 aliphatic rings. The normalized spacial score (nSPS) is 12.8. The number of amides is 2. The van der Waals surface area contributed by atoms with Crippen molar-refractivity contribution < 1.29 is 23.9 Å². The van der Waals surface area contributed by atoms with Crippen molar-refractivity contribution in [1.82, 2.24) is 10.6 Å². The van der Waals surface area contributed by atoms with Gasteiger partial charge in [0.2, 0.25) is 5.91 Å². The van der Waals surface area contributed by atoms with Crippen LogP contribution in [0.4, 0.5) is 4.79 Å². The van der Waals surface area contributed by atoms with Gasteiger partial charge in [0, 0.05) is 0 Å². The molecule has 0 saturated heterocycles. The standard InChI is InChI=1S/C19H28N2O5/c1-5-25-18(23)14(4)20-17(22)16(11-13(2)3)21-19(24)26-12-15-9-7-6-8-10-15/h6-10,13-14,16H,5,11-12H2,1-4H3,(H,20,22)(H,21,24). The zero-order chi connectivity index (χ0) is 19.5. The molecule has 144 valence electrons. The molecule has 0 fully saturated rings. The first-order valence-electron chi connectivity index (χ1n) is 8.77. The van der Waals surface area contributed by atoms with E-state index in [-0.39, 0.29) is 19.1 Å². The largest absolute Gasteiger partial charge is 0.464 e. The summed E-state index contributed by atoms with van der Waals surface area (Å²) in [4.78, 5) is 36.1. The first kappa shape index (κ1) is 21.5. The van der Waals surface area contributed by atoms with E-state index < -0.39 is 30.1 Å². The van der Waals surface area contributed by atoms with Gasteiger partial charge in [-0.1, -0.05) is 44.2 Å². The molecule has 1 aromatic rings. The van der Waals surface area contributed by atoms with Gasteiger partial charge in [-0.3, -0.25) is 4.79 Å². The number of benzene rings is 1. The third-order valence-electron chi connectivity index (χ3n) is 3.53. The van der Waals surface area contributed by atoms with E-state index in [1.54, 1.807) is 6.92 Å². The minimum Gasteiger partial charge on any atom is -0.464 e. The fourth-order valence-corrected chi connectivity index (χ4v) is 2.25. The molecule has 0 radical (unpaired) electrons. The molecule has 0 bridgehead atoms. The van der Waals surface area contributed by atoms with E-state index in [9.17, 15) is 14.4 Å². The molecule has 0 aromatic heterocycles. The van der Waals surface area contributed by atoms with E-state index in [4.69, 9.17) is 9.47 Å². The van der Waals surface area contributed by atoms with Gasteiger partial charge in [-0.25, -0.2) is 9.59 Å². The number of esters is 1. The van der Waals surface area contributed by atoms with Gasteiger partial charge < -0.3 is 20.1 Å². The second-order valence-corrected chi connectivity index (χ2v) is 6.37. The third kappa shape index (κ3) is 8.00. The lowest BCUT2D eigenvalue weighted by Crippen LogP contribution is -2.51. The second kappa shape index (κ2) is 11.1. The van der Waals surface area contributed by atoms with Gasteiger partial charge in [-0.15, -0.1) is 0 Å². The van der Waals surface area contributed by atoms with Gasteiger partial charge in [-0.2, -0.15) is 0 Å². The summed E-state index contributed by atoms with van der Waals surface area (Å²) in [6.07, 6.45) is -0.264. The number of carbonyl (C=O) groups excluding carboxylic acids is 3. The highest BCUT2D eigenvalue weighted by Gasteiger charge is 2.26. The van der Waals surface area contributed by atoms with E-state index in [2.05, 4.69) is 10.6 Å². The summed E-state index contributed by atoms with van der Waals surface area (Å²) in [6, 6.07) is 7.66. The summed E-state index contributed by atoms with van der Waals surface area (Å²) >= 11 is 0. The number of hydrogen-bond acceptors (Lipinski definition) is 5. The number of nitrogens with one attached hydrogen (secondary N) is 2. The quantitative estimate of drug-likeness (QED) is 0.656. The van der Waals surface area contributed by atoms with Gasteiger partial charge in [0.05, 0.1) is 6.61 Å². The maximum atomic E-state index is 12.4. The Morgan fingerprint density at radius 3 is 2.23 bits per heavy atom. The molecule has 0 saturated carbocycles. The van der Waals surface area contributed by atoms with Crippen LogP contribution in [0.2, 0.25) is 0 Å². The van der Waals surface area contributed by atoms with Crippen molar-refractivity contribution in [2.45, 2.75) is 52.8 Å². The van der Waals surface area contributed by atoms with Gasteiger partial charge in [0.15, 0.2) is 0 Å². The van der Waals surface area contributed by atoms with Crippen molar-refractivity contribution in [2.24, 2.45) is 5.92 Å². The fraction of sp³-hybridized carbons (Fsp3) is 0.526. The minimum atomic E-state index is -0.796. The van der Waals surface area contributed by atoms with Crippen LogP contribution in [0.3, 0.4) is 0 Å². The Labute approximate surface area is 154 Å². The van der Waals surface area contributed by atoms with Crippen LogP contribution < -0.4 is 10.6 Å². The van der Waals surface area contributed by atoms with Crippen LogP contribution in [0.1, 0.15) is 39.7 Å². The number of hydrogen-bond donors (Lipinski definition) is 2. The molecule has 2 atom stereocenters. The molecule has 0 heterocycles. The molecule has 26 heavy (non-hydrogen) atoms. The molecule has 0 aliphatic heterocycles. The zero-order valence-electron chi connectivity index (χ0n) is 15.8. The average molecular weight is 364 g/mol. The smallest absolute Gasteiger partial charge is 0.408 e. The van der Waals surface area contributed by atoms with Crippen molar-refractivity contribution in [3.63, 3.8) is 0 Å². The fourth-order valence-electron chi connectivity index (χ4n) is 2.25. The van der Waals surface area contributed by atoms with Crippen molar-refractivity contribution in [2.75, 3.05) is 6.61 Å². The lowest BCUT2D eigenvalue weighted by Gasteiger charge is -2.22. The van der Waals surface area contributed by atoms with E-state index in [1.165, 1.54) is 6.92 Å². The number of ether oxygens (including phenoxy) is 2. The topological polar surface area (TPSA) is 93.7 Å². The summed E-state index contributed by atoms with van der Waals surface area (Å²) in [7, 11) is 0. The van der Waals surface area contributed by atoms with Crippen LogP contribution in [0, 0.1) is 5.92 Å². The Hall–Kier alpha value is -2.57. The molecule has 2 unspecified atom stereocenters. The number of carbonyl (C=O) groups is 3. The Morgan fingerprint density at radius 1 is 1.00 bits per heavy atom. The molecule has 1 aromatic carbocycles. The van der Waals surface area contributed by atoms with Gasteiger partial charge in [-0.05, 0) is 31.7 Å². The molecular weight excluding hydrogens is 336 g/mol. The molecular formula is C19H28N2O5. The van der Waals surface area contributed by atoms with Crippen LogP contribution >= 0.6 is 0 Å². The minimum absolute atomic E-state index is 0.113. The summed E-state index contributed by atoms with van der Waals surface area (Å²) in [5, 5.41) is 5.13. The molecule has 0 spiro atoms. The van der Waals surface area contributed by atoms with Crippen LogP contribution in [-0.2, 0) is 25.7 Å². The summed E-state index contributed by atoms with van der Waals surface area (Å²) in [6.45, 7) is 7.45. The average Bonchev–Trinajstić information content (AvgIpc) is 2.60. The molecule has 7 nitrogen and oxygen atoms in total. The SMILES string of the molecule is CCOC(=O)C(C)NC(=O)C(CC(C)C)NC(=O)OCc1ccccc1. The summed E-state index contributed by atoms with van der Waals surface area (Å²) in [5.74, 6) is -0.801. The van der Waals surface area contributed by atoms with Crippen molar-refractivity contribution >= 4 is 18.0 Å². The third-order valence-corrected chi connectivity index (χ3v) is 3.53. The van der Waals surface area contributed by atoms with Crippen LogP contribution in [0.5, 0.6) is 0 Å². The molecule has 1 rings (SSSR count). The van der Waals surface area contributed by atoms with E-state index in [0.717, 1.165) is 5.56 Å². The van der Waals surface area contributed by atoms with E-state index in [0.29, 0.717) is 6.42 Å². The summed E-state index contributed by atoms with van der Waals surface area (Å²) in [5.41, 5.74) is 0.850. The maximum Gasteiger partial charge on any atom is 0.408 e. The maximum absolute atomic E-state index is 12.4. The van der Waals surface area contributed by atoms with Crippen molar-refractivity contribution in [3.05, 3.63) is 35.9 Å². The second-order valence-electron chi connectivity index (χ2n) is 6.37. The van der Waals surface area contributed by atoms with Crippen molar-refractivity contribution in [3.8, 4) is 0 Å². The van der Waals surface area contributed by atoms with Crippen LogP contribution in [0.25, 0.3) is 0 Å². The molecule has 2 N–H and O–H groups in total. The molecule has 2 amide bonds. The van der Waals surface area contributed by atoms with Crippen LogP contribution in [0.15, 0.2) is 30.3 Å². The van der Waals surface area contributed by atoms with E-state index in [1.807, 2.05) is 44.2 Å². The van der Waals surface area contributed by atoms with Crippen LogP contribution in [-0.4, -0.2) is 36.7 Å². The molecule has 0 aliphatic carbocycles. The highest BCUT2D eigenvalue weighted by molar-refractivity contribution is 5.89. The van der Waals surface area contributed by atoms with Crippen molar-refractivity contribution in [1.29, 1.82) is 0 Å². The Kier molecular flexibility index (Phi) is 9.19. The Balaban J connectivity index is 2.60.